The van der Waals surface area contributed by atoms with E-state index in [0.717, 1.165) is 0 Å². The van der Waals surface area contributed by atoms with Crippen LogP contribution < -0.4 is 4.90 Å². The van der Waals surface area contributed by atoms with Crippen LogP contribution in [0.25, 0.3) is 0 Å². The molecule has 0 saturated heterocycles. The highest BCUT2D eigenvalue weighted by molar-refractivity contribution is 7.09. The number of aliphatic carboxylic acids is 1. The van der Waals surface area contributed by atoms with Crippen LogP contribution in [0.2, 0.25) is 0 Å². The minimum Gasteiger partial charge on any atom is -0.480 e. The Bertz CT molecular complexity index is 439. The Morgan fingerprint density at radius 1 is 1.39 bits per heavy atom. The molecule has 18 heavy (non-hydrogen) atoms. The Morgan fingerprint density at radius 2 is 1.94 bits per heavy atom. The summed E-state index contributed by atoms with van der Waals surface area (Å²) >= 11 is 0.535. The van der Waals surface area contributed by atoms with Gasteiger partial charge in [0.25, 0.3) is 0 Å². The van der Waals surface area contributed by atoms with Gasteiger partial charge in [-0.25, -0.2) is 0 Å². The van der Waals surface area contributed by atoms with E-state index < -0.39 is 30.1 Å². The van der Waals surface area contributed by atoms with Crippen molar-refractivity contribution in [1.82, 2.24) is 9.36 Å². The highest BCUT2D eigenvalue weighted by Gasteiger charge is 2.37. The summed E-state index contributed by atoms with van der Waals surface area (Å²) in [6.45, 7) is 4.62. The van der Waals surface area contributed by atoms with Gasteiger partial charge in [0.15, 0.2) is 0 Å². The van der Waals surface area contributed by atoms with Gasteiger partial charge < -0.3 is 10.0 Å². The van der Waals surface area contributed by atoms with Gasteiger partial charge in [-0.3, -0.25) is 4.79 Å². The molecule has 0 aliphatic heterocycles. The zero-order valence-corrected chi connectivity index (χ0v) is 10.8. The van der Waals surface area contributed by atoms with Crippen molar-refractivity contribution in [3.05, 3.63) is 5.82 Å². The first-order chi connectivity index (χ1) is 8.01. The smallest absolute Gasteiger partial charge is 0.452 e. The standard InChI is InChI=1S/C9H12F3N3O2S/c1-8(2,3)15(4-5(16)17)7-13-6(14-18-7)9(10,11)12/h4H2,1-3H3,(H,16,17). The number of alkyl halides is 3. The van der Waals surface area contributed by atoms with E-state index in [1.54, 1.807) is 20.8 Å². The third-order valence-corrected chi connectivity index (χ3v) is 2.74. The second kappa shape index (κ2) is 4.71. The summed E-state index contributed by atoms with van der Waals surface area (Å²) in [5.74, 6) is -2.39. The van der Waals surface area contributed by atoms with Crippen molar-refractivity contribution in [3.63, 3.8) is 0 Å². The number of anilines is 1. The molecule has 0 radical (unpaired) electrons. The number of hydrogen-bond donors (Lipinski definition) is 1. The van der Waals surface area contributed by atoms with E-state index in [0.29, 0.717) is 11.5 Å². The average Bonchev–Trinajstić information content (AvgIpc) is 2.59. The molecule has 1 rings (SSSR count). The van der Waals surface area contributed by atoms with Gasteiger partial charge in [-0.05, 0) is 20.8 Å². The summed E-state index contributed by atoms with van der Waals surface area (Å²) < 4.78 is 40.3. The molecule has 0 fully saturated rings. The molecule has 1 heterocycles. The lowest BCUT2D eigenvalue weighted by molar-refractivity contribution is -0.144. The minimum atomic E-state index is -4.62. The van der Waals surface area contributed by atoms with Crippen LogP contribution in [0.3, 0.4) is 0 Å². The lowest BCUT2D eigenvalue weighted by Crippen LogP contribution is -2.44. The third kappa shape index (κ3) is 3.56. The Hall–Kier alpha value is -1.38. The second-order valence-corrected chi connectivity index (χ2v) is 5.28. The molecule has 5 nitrogen and oxygen atoms in total. The quantitative estimate of drug-likeness (QED) is 0.921. The van der Waals surface area contributed by atoms with Crippen molar-refractivity contribution in [2.75, 3.05) is 11.4 Å². The fourth-order valence-electron chi connectivity index (χ4n) is 1.17. The Balaban J connectivity index is 3.07. The van der Waals surface area contributed by atoms with Gasteiger partial charge in [-0.1, -0.05) is 0 Å². The second-order valence-electron chi connectivity index (χ2n) is 4.55. The van der Waals surface area contributed by atoms with Crippen molar-refractivity contribution < 1.29 is 23.1 Å². The number of carboxylic acids is 1. The van der Waals surface area contributed by atoms with E-state index in [-0.39, 0.29) is 5.13 Å². The fraction of sp³-hybridized carbons (Fsp3) is 0.667. The van der Waals surface area contributed by atoms with E-state index in [4.69, 9.17) is 5.11 Å². The first kappa shape index (κ1) is 14.7. The summed E-state index contributed by atoms with van der Waals surface area (Å²) in [5, 5.41) is 8.71. The lowest BCUT2D eigenvalue weighted by Gasteiger charge is -2.33. The first-order valence-corrected chi connectivity index (χ1v) is 5.69. The summed E-state index contributed by atoms with van der Waals surface area (Å²) in [6.07, 6.45) is -4.62. The largest absolute Gasteiger partial charge is 0.480 e. The third-order valence-electron chi connectivity index (χ3n) is 2.00. The number of halogens is 3. The molecule has 0 saturated carbocycles. The van der Waals surface area contributed by atoms with E-state index in [2.05, 4.69) is 9.36 Å². The maximum Gasteiger partial charge on any atom is 0.452 e. The number of carbonyl (C=O) groups is 1. The van der Waals surface area contributed by atoms with Crippen LogP contribution >= 0.6 is 11.5 Å². The molecule has 1 aromatic heterocycles. The van der Waals surface area contributed by atoms with Crippen molar-refractivity contribution in [2.24, 2.45) is 0 Å². The van der Waals surface area contributed by atoms with Crippen molar-refractivity contribution in [2.45, 2.75) is 32.5 Å². The van der Waals surface area contributed by atoms with Crippen LogP contribution in [0.15, 0.2) is 0 Å². The Kier molecular flexibility index (Phi) is 3.84. The summed E-state index contributed by atoms with van der Waals surface area (Å²) in [5.41, 5.74) is -0.666. The van der Waals surface area contributed by atoms with Crippen LogP contribution in [0, 0.1) is 0 Å². The van der Waals surface area contributed by atoms with E-state index >= 15 is 0 Å². The van der Waals surface area contributed by atoms with Crippen molar-refractivity contribution in [3.8, 4) is 0 Å². The number of rotatable bonds is 3. The molecule has 9 heteroatoms. The highest BCUT2D eigenvalue weighted by atomic mass is 32.1. The molecule has 0 aliphatic carbocycles. The monoisotopic (exact) mass is 283 g/mol. The maximum atomic E-state index is 12.4. The van der Waals surface area contributed by atoms with E-state index in [9.17, 15) is 18.0 Å². The molecular formula is C9H12F3N3O2S. The zero-order valence-electron chi connectivity index (χ0n) is 9.95. The number of carboxylic acid groups (broad SMARTS) is 1. The Labute approximate surface area is 105 Å². The van der Waals surface area contributed by atoms with Crippen molar-refractivity contribution >= 4 is 22.6 Å². The lowest BCUT2D eigenvalue weighted by atomic mass is 10.1. The molecular weight excluding hydrogens is 271 g/mol. The average molecular weight is 283 g/mol. The normalized spacial score (nSPS) is 12.6. The molecule has 102 valence electrons. The van der Waals surface area contributed by atoms with E-state index in [1.165, 1.54) is 4.90 Å². The van der Waals surface area contributed by atoms with Crippen LogP contribution in [-0.2, 0) is 11.0 Å². The summed E-state index contributed by atoms with van der Waals surface area (Å²) in [7, 11) is 0. The molecule has 0 amide bonds. The van der Waals surface area contributed by atoms with Crippen LogP contribution in [-0.4, -0.2) is 32.5 Å². The summed E-state index contributed by atoms with van der Waals surface area (Å²) in [4.78, 5) is 15.3. The van der Waals surface area contributed by atoms with Gasteiger partial charge in [-0.2, -0.15) is 22.5 Å². The fourth-order valence-corrected chi connectivity index (χ4v) is 2.04. The van der Waals surface area contributed by atoms with Crippen LogP contribution in [0.4, 0.5) is 18.3 Å². The van der Waals surface area contributed by atoms with Gasteiger partial charge in [0, 0.05) is 17.1 Å². The molecule has 0 spiro atoms. The summed E-state index contributed by atoms with van der Waals surface area (Å²) in [6, 6.07) is 0. The molecule has 0 aromatic carbocycles. The van der Waals surface area contributed by atoms with Gasteiger partial charge in [0.05, 0.1) is 0 Å². The topological polar surface area (TPSA) is 66.3 Å². The molecule has 0 unspecified atom stereocenters. The molecule has 1 N–H and O–H groups in total. The van der Waals surface area contributed by atoms with Gasteiger partial charge in [0.2, 0.25) is 11.0 Å². The first-order valence-electron chi connectivity index (χ1n) is 4.92. The van der Waals surface area contributed by atoms with Crippen molar-refractivity contribution in [1.29, 1.82) is 0 Å². The zero-order chi connectivity index (χ0) is 14.1. The van der Waals surface area contributed by atoms with Gasteiger partial charge in [-0.15, -0.1) is 0 Å². The highest BCUT2D eigenvalue weighted by Crippen LogP contribution is 2.32. The Morgan fingerprint density at radius 3 is 2.28 bits per heavy atom. The predicted molar refractivity (Wildman–Crippen MR) is 59.6 cm³/mol. The minimum absolute atomic E-state index is 0.0581. The number of hydrogen-bond acceptors (Lipinski definition) is 5. The SMILES string of the molecule is CC(C)(C)N(CC(=O)O)c1nc(C(F)(F)F)ns1. The van der Waals surface area contributed by atoms with E-state index in [1.807, 2.05) is 0 Å². The number of aromatic nitrogens is 2. The maximum absolute atomic E-state index is 12.4. The van der Waals surface area contributed by atoms with Crippen LogP contribution in [0.5, 0.6) is 0 Å². The molecule has 0 bridgehead atoms. The van der Waals surface area contributed by atoms with Crippen LogP contribution in [0.1, 0.15) is 26.6 Å². The molecule has 1 aromatic rings. The van der Waals surface area contributed by atoms with Gasteiger partial charge in [0.1, 0.15) is 6.54 Å². The predicted octanol–water partition coefficient (Wildman–Crippen LogP) is 2.25. The molecule has 0 aliphatic rings. The van der Waals surface area contributed by atoms with Gasteiger partial charge >= 0.3 is 12.1 Å². The molecule has 0 atom stereocenters. The number of nitrogens with zero attached hydrogens (tertiary/aromatic N) is 3.